The van der Waals surface area contributed by atoms with Crippen molar-refractivity contribution in [3.63, 3.8) is 0 Å². The van der Waals surface area contributed by atoms with Crippen molar-refractivity contribution >= 4 is 29.5 Å². The molecule has 0 fully saturated rings. The molecule has 0 spiro atoms. The Hall–Kier alpha value is -1.91. The fourth-order valence-corrected chi connectivity index (χ4v) is 11.4. The van der Waals surface area contributed by atoms with Crippen LogP contribution in [0.4, 0.5) is 0 Å². The third-order valence-electron chi connectivity index (χ3n) is 3.35. The fourth-order valence-electron chi connectivity index (χ4n) is 1.92. The summed E-state index contributed by atoms with van der Waals surface area (Å²) in [6, 6.07) is 0. The van der Waals surface area contributed by atoms with Gasteiger partial charge in [-0.1, -0.05) is 0 Å². The van der Waals surface area contributed by atoms with Crippen molar-refractivity contribution < 1.29 is 41.1 Å². The minimum atomic E-state index is -5.80. The molecule has 0 aromatic carbocycles. The van der Waals surface area contributed by atoms with Gasteiger partial charge in [0.1, 0.15) is 0 Å². The second kappa shape index (κ2) is 10.3. The van der Waals surface area contributed by atoms with Crippen LogP contribution < -0.4 is 18.6 Å². The van der Waals surface area contributed by atoms with Gasteiger partial charge < -0.3 is 0 Å². The zero-order valence-electron chi connectivity index (χ0n) is 16.0. The zero-order valence-corrected chi connectivity index (χ0v) is 18.2. The van der Waals surface area contributed by atoms with Crippen molar-refractivity contribution in [3.05, 3.63) is 0 Å². The van der Waals surface area contributed by atoms with Crippen LogP contribution in [0.25, 0.3) is 0 Å². The first-order chi connectivity index (χ1) is 12.1. The molecule has 11 heteroatoms. The van der Waals surface area contributed by atoms with Crippen molar-refractivity contribution in [1.29, 1.82) is 0 Å². The van der Waals surface area contributed by atoms with Crippen molar-refractivity contribution in [1.82, 2.24) is 18.6 Å². The number of amides is 5. The first-order valence-corrected chi connectivity index (χ1v) is 14.2. The normalized spacial score (nSPS) is 12.1. The van der Waals surface area contributed by atoms with E-state index in [1.807, 2.05) is 0 Å². The molecule has 0 bridgehead atoms. The molecule has 0 aliphatic carbocycles. The van der Waals surface area contributed by atoms with Crippen LogP contribution >= 0.6 is 0 Å². The van der Waals surface area contributed by atoms with E-state index in [9.17, 15) is 24.0 Å². The first kappa shape index (κ1) is 24.1. The van der Waals surface area contributed by atoms with E-state index in [1.165, 1.54) is 0 Å². The Morgan fingerprint density at radius 1 is 0.462 bits per heavy atom. The molecule has 0 heterocycles. The topological polar surface area (TPSA) is 146 Å². The summed E-state index contributed by atoms with van der Waals surface area (Å²) < 4.78 is 12.9. The van der Waals surface area contributed by atoms with E-state index in [2.05, 4.69) is 18.6 Å². The maximum absolute atomic E-state index is 12.2. The molecule has 150 valence electrons. The predicted molar refractivity (Wildman–Crippen MR) is 92.2 cm³/mol. The molecule has 0 radical (unpaired) electrons. The second-order valence-electron chi connectivity index (χ2n) is 5.56. The summed E-state index contributed by atoms with van der Waals surface area (Å²) in [7, 11) is 0. The number of nitrogens with one attached hydrogen (secondary N) is 5. The number of hydrogen-bond acceptors (Lipinski definition) is 5. The van der Waals surface area contributed by atoms with E-state index in [4.69, 9.17) is 0 Å². The fraction of sp³-hybridized carbons (Fsp3) is 0.667. The van der Waals surface area contributed by atoms with E-state index in [0.29, 0.717) is 0 Å². The van der Waals surface area contributed by atoms with Crippen LogP contribution in [0.15, 0.2) is 0 Å². The molecule has 0 aromatic rings. The van der Waals surface area contributed by atoms with Gasteiger partial charge in [0, 0.05) is 0 Å². The molecule has 10 nitrogen and oxygen atoms in total. The molecular weight excluding hydrogens is 423 g/mol. The maximum atomic E-state index is 12.2. The van der Waals surface area contributed by atoms with Gasteiger partial charge in [-0.2, -0.15) is 0 Å². The van der Waals surface area contributed by atoms with Gasteiger partial charge in [-0.05, 0) is 0 Å². The van der Waals surface area contributed by atoms with Crippen molar-refractivity contribution in [3.8, 4) is 0 Å². The summed E-state index contributed by atoms with van der Waals surface area (Å²) >= 11 is -5.80. The number of hydrogen-bond donors (Lipinski definition) is 5. The summed E-state index contributed by atoms with van der Waals surface area (Å²) in [6.07, 6.45) is 0.118. The quantitative estimate of drug-likeness (QED) is 0.293. The molecule has 0 saturated carbocycles. The Balaban J connectivity index is 6.57. The summed E-state index contributed by atoms with van der Waals surface area (Å²) in [5, 5.41) is 0. The molecule has 26 heavy (non-hydrogen) atoms. The predicted octanol–water partition coefficient (Wildman–Crippen LogP) is -0.118. The first-order valence-electron chi connectivity index (χ1n) is 8.69. The van der Waals surface area contributed by atoms with Crippen LogP contribution in [0, 0.1) is 0 Å². The molecule has 0 aliphatic heterocycles. The van der Waals surface area contributed by atoms with Gasteiger partial charge in [0.2, 0.25) is 0 Å². The van der Waals surface area contributed by atoms with Gasteiger partial charge in [-0.15, -0.1) is 0 Å². The molecule has 5 amide bonds. The third kappa shape index (κ3) is 6.77. The minimum absolute atomic E-state index is 0.0236. The molecule has 0 atom stereocenters. The van der Waals surface area contributed by atoms with Crippen molar-refractivity contribution in [2.75, 3.05) is 0 Å². The second-order valence-corrected chi connectivity index (χ2v) is 13.8. The molecule has 0 rings (SSSR count). The van der Waals surface area contributed by atoms with E-state index >= 15 is 0 Å². The Bertz CT molecular complexity index is 459. The Kier molecular flexibility index (Phi) is 9.53. The summed E-state index contributed by atoms with van der Waals surface area (Å²) in [6.45, 7) is 7.87. The molecule has 5 N–H and O–H groups in total. The van der Waals surface area contributed by atoms with Gasteiger partial charge in [-0.25, -0.2) is 0 Å². The van der Waals surface area contributed by atoms with Gasteiger partial charge >= 0.3 is 156 Å². The van der Waals surface area contributed by atoms with Crippen LogP contribution in [-0.2, 0) is 41.1 Å². The van der Waals surface area contributed by atoms with E-state index in [0.717, 1.165) is 0 Å². The van der Waals surface area contributed by atoms with E-state index < -0.39 is 46.7 Å². The standard InChI is InChI=1S/5C3H7NO.Nb/c5*1-2-3(4)5;/h5*2H2,1H3,(H2,4,5);/q;;;;;+5/p-5. The van der Waals surface area contributed by atoms with Crippen LogP contribution in [0.3, 0.4) is 0 Å². The van der Waals surface area contributed by atoms with Crippen LogP contribution in [0.1, 0.15) is 66.7 Å². The summed E-state index contributed by atoms with van der Waals surface area (Å²) in [4.78, 5) is 61.2. The Morgan fingerprint density at radius 3 is 0.731 bits per heavy atom. The Morgan fingerprint density at radius 2 is 0.615 bits per heavy atom. The number of carbonyl (C=O) groups excluding carboxylic acids is 5. The van der Waals surface area contributed by atoms with Crippen LogP contribution in [0.2, 0.25) is 0 Å². The molecule has 0 aliphatic rings. The summed E-state index contributed by atoms with van der Waals surface area (Å²) in [5.74, 6) is -2.67. The average molecular weight is 453 g/mol. The van der Waals surface area contributed by atoms with E-state index in [1.54, 1.807) is 34.6 Å². The molecule has 0 unspecified atom stereocenters. The van der Waals surface area contributed by atoms with Crippen LogP contribution in [-0.4, -0.2) is 29.5 Å². The SMILES string of the molecule is CCC(=O)[NH][Nb]([NH]C(=O)CC)([NH]C(=O)CC)([NH]C(=O)CC)[NH]C(=O)CC. The number of rotatable bonds is 10. The van der Waals surface area contributed by atoms with Crippen LogP contribution in [0.5, 0.6) is 0 Å². The van der Waals surface area contributed by atoms with Gasteiger partial charge in [0.25, 0.3) is 0 Å². The Labute approximate surface area is 156 Å². The average Bonchev–Trinajstić information content (AvgIpc) is 2.60. The molecule has 0 saturated heterocycles. The molecular formula is C15H30N5NbO5. The van der Waals surface area contributed by atoms with Crippen molar-refractivity contribution in [2.24, 2.45) is 0 Å². The monoisotopic (exact) mass is 453 g/mol. The number of carbonyl (C=O) groups is 5. The third-order valence-corrected chi connectivity index (χ3v) is 11.9. The van der Waals surface area contributed by atoms with Gasteiger partial charge in [-0.3, -0.25) is 0 Å². The van der Waals surface area contributed by atoms with Gasteiger partial charge in [0.15, 0.2) is 0 Å². The van der Waals surface area contributed by atoms with Crippen molar-refractivity contribution in [2.45, 2.75) is 66.7 Å². The van der Waals surface area contributed by atoms with Gasteiger partial charge in [0.05, 0.1) is 0 Å². The molecule has 0 aromatic heterocycles. The van der Waals surface area contributed by atoms with E-state index in [-0.39, 0.29) is 32.1 Å². The zero-order chi connectivity index (χ0) is 20.4. The summed E-state index contributed by atoms with van der Waals surface area (Å²) in [5.41, 5.74) is 0.